The molecule has 1 aromatic rings. The van der Waals surface area contributed by atoms with Crippen molar-refractivity contribution < 1.29 is 0 Å². The highest BCUT2D eigenvalue weighted by molar-refractivity contribution is 14.1. The van der Waals surface area contributed by atoms with Crippen LogP contribution >= 0.6 is 38.5 Å². The SMILES string of the molecule is Cc1cc(Br)nnc1I. The Kier molecular flexibility index (Phi) is 2.40. The summed E-state index contributed by atoms with van der Waals surface area (Å²) in [5.74, 6) is 0. The van der Waals surface area contributed by atoms with E-state index in [0.717, 1.165) is 13.9 Å². The zero-order valence-electron chi connectivity index (χ0n) is 4.73. The Morgan fingerprint density at radius 3 is 2.67 bits per heavy atom. The summed E-state index contributed by atoms with van der Waals surface area (Å²) >= 11 is 5.37. The van der Waals surface area contributed by atoms with Crippen molar-refractivity contribution in [1.82, 2.24) is 10.2 Å². The van der Waals surface area contributed by atoms with Gasteiger partial charge in [0.25, 0.3) is 0 Å². The van der Waals surface area contributed by atoms with Crippen LogP contribution in [0.1, 0.15) is 5.56 Å². The van der Waals surface area contributed by atoms with Crippen LogP contribution in [-0.4, -0.2) is 10.2 Å². The van der Waals surface area contributed by atoms with E-state index >= 15 is 0 Å². The van der Waals surface area contributed by atoms with Crippen LogP contribution < -0.4 is 0 Å². The normalized spacial score (nSPS) is 9.67. The Hall–Kier alpha value is 0.290. The van der Waals surface area contributed by atoms with Crippen molar-refractivity contribution in [3.8, 4) is 0 Å². The van der Waals surface area contributed by atoms with E-state index in [1.54, 1.807) is 0 Å². The monoisotopic (exact) mass is 298 g/mol. The third-order valence-corrected chi connectivity index (χ3v) is 2.35. The maximum absolute atomic E-state index is 3.87. The lowest BCUT2D eigenvalue weighted by Crippen LogP contribution is -1.89. The van der Waals surface area contributed by atoms with Gasteiger partial charge in [0, 0.05) is 0 Å². The lowest BCUT2D eigenvalue weighted by Gasteiger charge is -1.93. The lowest BCUT2D eigenvalue weighted by atomic mass is 10.4. The smallest absolute Gasteiger partial charge is 0.129 e. The van der Waals surface area contributed by atoms with Gasteiger partial charge in [-0.25, -0.2) is 0 Å². The first-order valence-electron chi connectivity index (χ1n) is 2.35. The zero-order valence-corrected chi connectivity index (χ0v) is 8.47. The predicted octanol–water partition coefficient (Wildman–Crippen LogP) is 2.15. The van der Waals surface area contributed by atoms with Crippen molar-refractivity contribution in [3.63, 3.8) is 0 Å². The van der Waals surface area contributed by atoms with Gasteiger partial charge in [-0.2, -0.15) is 0 Å². The third kappa shape index (κ3) is 1.86. The molecule has 0 aromatic carbocycles. The van der Waals surface area contributed by atoms with E-state index in [0.29, 0.717) is 0 Å². The van der Waals surface area contributed by atoms with Gasteiger partial charge in [0.05, 0.1) is 0 Å². The summed E-state index contributed by atoms with van der Waals surface area (Å²) in [6.45, 7) is 2.00. The zero-order chi connectivity index (χ0) is 6.85. The molecule has 0 aliphatic carbocycles. The fourth-order valence-electron chi connectivity index (χ4n) is 0.438. The van der Waals surface area contributed by atoms with E-state index in [1.165, 1.54) is 0 Å². The molecule has 4 heteroatoms. The van der Waals surface area contributed by atoms with Crippen LogP contribution in [-0.2, 0) is 0 Å². The Bertz CT molecular complexity index is 226. The van der Waals surface area contributed by atoms with Gasteiger partial charge in [0.1, 0.15) is 8.30 Å². The summed E-state index contributed by atoms with van der Waals surface area (Å²) < 4.78 is 1.75. The topological polar surface area (TPSA) is 25.8 Å². The number of rotatable bonds is 0. The summed E-state index contributed by atoms with van der Waals surface area (Å²) in [6, 6.07) is 1.94. The first-order chi connectivity index (χ1) is 4.20. The van der Waals surface area contributed by atoms with Crippen LogP contribution in [0.25, 0.3) is 0 Å². The first-order valence-corrected chi connectivity index (χ1v) is 4.22. The molecule has 9 heavy (non-hydrogen) atoms. The van der Waals surface area contributed by atoms with Crippen molar-refractivity contribution in [3.05, 3.63) is 19.9 Å². The van der Waals surface area contributed by atoms with Gasteiger partial charge < -0.3 is 0 Å². The predicted molar refractivity (Wildman–Crippen MR) is 47.2 cm³/mol. The van der Waals surface area contributed by atoms with Crippen LogP contribution in [0.3, 0.4) is 0 Å². The average molecular weight is 299 g/mol. The van der Waals surface area contributed by atoms with E-state index in [1.807, 2.05) is 13.0 Å². The summed E-state index contributed by atoms with van der Waals surface area (Å²) in [4.78, 5) is 0. The van der Waals surface area contributed by atoms with Gasteiger partial charge in [-0.15, -0.1) is 10.2 Å². The highest BCUT2D eigenvalue weighted by Gasteiger charge is 1.95. The van der Waals surface area contributed by atoms with Crippen molar-refractivity contribution in [2.45, 2.75) is 6.92 Å². The van der Waals surface area contributed by atoms with E-state index in [4.69, 9.17) is 0 Å². The van der Waals surface area contributed by atoms with Gasteiger partial charge in [-0.1, -0.05) is 0 Å². The Morgan fingerprint density at radius 1 is 1.56 bits per heavy atom. The molecule has 0 fully saturated rings. The largest absolute Gasteiger partial charge is 0.143 e. The van der Waals surface area contributed by atoms with Crippen LogP contribution in [0, 0.1) is 10.6 Å². The minimum absolute atomic E-state index is 0.792. The quantitative estimate of drug-likeness (QED) is 0.686. The van der Waals surface area contributed by atoms with Crippen LogP contribution in [0.5, 0.6) is 0 Å². The highest BCUT2D eigenvalue weighted by atomic mass is 127. The van der Waals surface area contributed by atoms with Crippen LogP contribution in [0.15, 0.2) is 10.7 Å². The number of hydrogen-bond acceptors (Lipinski definition) is 2. The van der Waals surface area contributed by atoms with E-state index in [9.17, 15) is 0 Å². The van der Waals surface area contributed by atoms with Crippen molar-refractivity contribution in [1.29, 1.82) is 0 Å². The van der Waals surface area contributed by atoms with Crippen molar-refractivity contribution in [2.75, 3.05) is 0 Å². The molecule has 0 radical (unpaired) electrons. The number of aryl methyl sites for hydroxylation is 1. The molecular weight excluding hydrogens is 295 g/mol. The molecule has 1 aromatic heterocycles. The molecule has 0 aliphatic heterocycles. The summed E-state index contributed by atoms with van der Waals surface area (Å²) in [5.41, 5.74) is 1.15. The third-order valence-electron chi connectivity index (χ3n) is 0.894. The fourth-order valence-corrected chi connectivity index (χ4v) is 1.12. The van der Waals surface area contributed by atoms with Gasteiger partial charge in [-0.05, 0) is 57.1 Å². The maximum atomic E-state index is 3.87. The minimum Gasteiger partial charge on any atom is -0.143 e. The standard InChI is InChI=1S/C5H4BrIN2/c1-3-2-4(6)8-9-5(3)7/h2H,1H3. The van der Waals surface area contributed by atoms with Crippen LogP contribution in [0.2, 0.25) is 0 Å². The van der Waals surface area contributed by atoms with E-state index < -0.39 is 0 Å². The molecule has 0 aliphatic rings. The van der Waals surface area contributed by atoms with Gasteiger partial charge >= 0.3 is 0 Å². The summed E-state index contributed by atoms with van der Waals surface area (Å²) in [5, 5.41) is 7.67. The average Bonchev–Trinajstić information content (AvgIpc) is 1.80. The van der Waals surface area contributed by atoms with Crippen molar-refractivity contribution >= 4 is 38.5 Å². The first kappa shape index (κ1) is 7.40. The molecule has 0 bridgehead atoms. The Balaban J connectivity index is 3.17. The van der Waals surface area contributed by atoms with Gasteiger partial charge in [-0.3, -0.25) is 0 Å². The molecule has 0 saturated carbocycles. The number of aromatic nitrogens is 2. The molecule has 0 saturated heterocycles. The number of hydrogen-bond donors (Lipinski definition) is 0. The lowest BCUT2D eigenvalue weighted by molar-refractivity contribution is 0.961. The Morgan fingerprint density at radius 2 is 2.22 bits per heavy atom. The maximum Gasteiger partial charge on any atom is 0.129 e. The molecule has 2 nitrogen and oxygen atoms in total. The van der Waals surface area contributed by atoms with E-state index in [2.05, 4.69) is 48.7 Å². The molecule has 48 valence electrons. The van der Waals surface area contributed by atoms with Crippen molar-refractivity contribution in [2.24, 2.45) is 0 Å². The molecular formula is C5H4BrIN2. The molecule has 0 atom stereocenters. The minimum atomic E-state index is 0.792. The van der Waals surface area contributed by atoms with Gasteiger partial charge in [0.2, 0.25) is 0 Å². The fraction of sp³-hybridized carbons (Fsp3) is 0.200. The molecule has 1 rings (SSSR count). The number of halogens is 2. The molecule has 0 spiro atoms. The second kappa shape index (κ2) is 2.92. The molecule has 0 N–H and O–H groups in total. The second-order valence-electron chi connectivity index (χ2n) is 1.64. The Labute approximate surface area is 75.3 Å². The highest BCUT2D eigenvalue weighted by Crippen LogP contribution is 2.10. The molecule has 1 heterocycles. The van der Waals surface area contributed by atoms with Gasteiger partial charge in [0.15, 0.2) is 0 Å². The summed E-state index contributed by atoms with van der Waals surface area (Å²) in [6.07, 6.45) is 0. The number of nitrogens with zero attached hydrogens (tertiary/aromatic N) is 2. The summed E-state index contributed by atoms with van der Waals surface area (Å²) in [7, 11) is 0. The second-order valence-corrected chi connectivity index (χ2v) is 3.48. The van der Waals surface area contributed by atoms with Crippen LogP contribution in [0.4, 0.5) is 0 Å². The van der Waals surface area contributed by atoms with E-state index in [-0.39, 0.29) is 0 Å². The molecule has 0 unspecified atom stereocenters. The molecule has 0 amide bonds.